The number of carbonyl (C=O) groups is 1. The Balaban J connectivity index is 1.76. The van der Waals surface area contributed by atoms with Crippen molar-refractivity contribution in [1.82, 2.24) is 0 Å². The summed E-state index contributed by atoms with van der Waals surface area (Å²) in [6.07, 6.45) is 1.47. The number of nitrogens with one attached hydrogen (secondary N) is 1. The molecule has 1 fully saturated rings. The molecule has 3 rings (SSSR count). The number of halogens is 2. The summed E-state index contributed by atoms with van der Waals surface area (Å²) in [5.41, 5.74) is 0.933. The van der Waals surface area contributed by atoms with E-state index >= 15 is 0 Å². The highest BCUT2D eigenvalue weighted by Crippen LogP contribution is 2.24. The van der Waals surface area contributed by atoms with Crippen LogP contribution in [0.4, 0.5) is 15.8 Å². The highest BCUT2D eigenvalue weighted by atomic mass is 79.9. The largest absolute Gasteiger partial charge is 0.319 e. The first-order valence-corrected chi connectivity index (χ1v) is 10.1. The molecule has 2 aromatic carbocycles. The lowest BCUT2D eigenvalue weighted by molar-refractivity contribution is 0.102. The van der Waals surface area contributed by atoms with Crippen LogP contribution in [0.2, 0.25) is 0 Å². The van der Waals surface area contributed by atoms with Crippen molar-refractivity contribution in [2.24, 2.45) is 0 Å². The van der Waals surface area contributed by atoms with Gasteiger partial charge in [0.2, 0.25) is 10.0 Å². The van der Waals surface area contributed by atoms with Gasteiger partial charge in [0.1, 0.15) is 5.82 Å². The molecule has 5 nitrogen and oxygen atoms in total. The van der Waals surface area contributed by atoms with Crippen LogP contribution in [-0.2, 0) is 10.0 Å². The fourth-order valence-corrected chi connectivity index (χ4v) is 4.62. The van der Waals surface area contributed by atoms with Crippen LogP contribution < -0.4 is 9.62 Å². The van der Waals surface area contributed by atoms with Crippen LogP contribution in [-0.4, -0.2) is 26.6 Å². The summed E-state index contributed by atoms with van der Waals surface area (Å²) < 4.78 is 40.0. The third-order valence-corrected chi connectivity index (χ3v) is 6.31. The smallest absolute Gasteiger partial charge is 0.255 e. The van der Waals surface area contributed by atoms with Gasteiger partial charge in [-0.2, -0.15) is 0 Å². The van der Waals surface area contributed by atoms with Crippen LogP contribution in [0.15, 0.2) is 46.9 Å². The van der Waals surface area contributed by atoms with Crippen molar-refractivity contribution in [3.05, 3.63) is 58.3 Å². The Morgan fingerprint density at radius 1 is 1.12 bits per heavy atom. The van der Waals surface area contributed by atoms with Crippen LogP contribution in [0, 0.1) is 5.82 Å². The highest BCUT2D eigenvalue weighted by molar-refractivity contribution is 9.10. The lowest BCUT2D eigenvalue weighted by Gasteiger charge is -2.28. The molecular formula is C17H16BrFN2O3S. The standard InChI is InChI=1S/C17H16BrFN2O3S/c18-13-5-8-16(15(19)11-13)20-17(22)12-3-6-14(7-4-12)21-9-1-2-10-25(21,23)24/h3-8,11H,1-2,9-10H2,(H,20,22). The van der Waals surface area contributed by atoms with Crippen LogP contribution in [0.5, 0.6) is 0 Å². The van der Waals surface area contributed by atoms with E-state index in [0.29, 0.717) is 28.7 Å². The summed E-state index contributed by atoms with van der Waals surface area (Å²) >= 11 is 3.16. The van der Waals surface area contributed by atoms with Crippen molar-refractivity contribution in [2.75, 3.05) is 21.9 Å². The van der Waals surface area contributed by atoms with Crippen LogP contribution in [0.1, 0.15) is 23.2 Å². The van der Waals surface area contributed by atoms with Crippen molar-refractivity contribution >= 4 is 43.2 Å². The molecule has 2 aromatic rings. The molecule has 0 spiro atoms. The first-order chi connectivity index (χ1) is 11.9. The van der Waals surface area contributed by atoms with E-state index in [2.05, 4.69) is 21.2 Å². The van der Waals surface area contributed by atoms with Gasteiger partial charge in [-0.1, -0.05) is 15.9 Å². The van der Waals surface area contributed by atoms with E-state index < -0.39 is 21.7 Å². The molecule has 0 aliphatic carbocycles. The number of benzene rings is 2. The van der Waals surface area contributed by atoms with Crippen molar-refractivity contribution in [3.8, 4) is 0 Å². The van der Waals surface area contributed by atoms with Gasteiger partial charge in [0.05, 0.1) is 17.1 Å². The maximum Gasteiger partial charge on any atom is 0.255 e. The number of nitrogens with zero attached hydrogens (tertiary/aromatic N) is 1. The molecule has 0 bridgehead atoms. The SMILES string of the molecule is O=C(Nc1ccc(Br)cc1F)c1ccc(N2CCCCS2(=O)=O)cc1. The zero-order valence-electron chi connectivity index (χ0n) is 13.2. The zero-order valence-corrected chi connectivity index (χ0v) is 15.6. The minimum Gasteiger partial charge on any atom is -0.319 e. The van der Waals surface area contributed by atoms with E-state index in [1.807, 2.05) is 0 Å². The number of amides is 1. The summed E-state index contributed by atoms with van der Waals surface area (Å²) in [4.78, 5) is 12.2. The van der Waals surface area contributed by atoms with Gasteiger partial charge in [-0.05, 0) is 55.3 Å². The van der Waals surface area contributed by atoms with E-state index in [4.69, 9.17) is 0 Å². The molecule has 1 amide bonds. The fraction of sp³-hybridized carbons (Fsp3) is 0.235. The zero-order chi connectivity index (χ0) is 18.0. The molecule has 1 aliphatic heterocycles. The summed E-state index contributed by atoms with van der Waals surface area (Å²) in [6, 6.07) is 10.6. The Kier molecular flexibility index (Phi) is 5.10. The Morgan fingerprint density at radius 2 is 1.84 bits per heavy atom. The van der Waals surface area contributed by atoms with E-state index in [0.717, 1.165) is 6.42 Å². The third kappa shape index (κ3) is 4.01. The first-order valence-electron chi connectivity index (χ1n) is 7.74. The molecule has 1 heterocycles. The topological polar surface area (TPSA) is 66.5 Å². The van der Waals surface area contributed by atoms with E-state index in [-0.39, 0.29) is 11.4 Å². The maximum absolute atomic E-state index is 13.8. The molecule has 1 aliphatic rings. The minimum absolute atomic E-state index is 0.0795. The second-order valence-corrected chi connectivity index (χ2v) is 8.65. The predicted molar refractivity (Wildman–Crippen MR) is 98.9 cm³/mol. The Labute approximate surface area is 154 Å². The van der Waals surface area contributed by atoms with Crippen molar-refractivity contribution in [1.29, 1.82) is 0 Å². The molecule has 0 atom stereocenters. The van der Waals surface area contributed by atoms with E-state index in [1.165, 1.54) is 28.6 Å². The molecule has 8 heteroatoms. The monoisotopic (exact) mass is 426 g/mol. The second kappa shape index (κ2) is 7.13. The van der Waals surface area contributed by atoms with Gasteiger partial charge >= 0.3 is 0 Å². The number of hydrogen-bond donors (Lipinski definition) is 1. The molecule has 1 saturated heterocycles. The maximum atomic E-state index is 13.8. The van der Waals surface area contributed by atoms with Gasteiger partial charge in [0, 0.05) is 16.6 Å². The normalized spacial score (nSPS) is 16.5. The van der Waals surface area contributed by atoms with E-state index in [9.17, 15) is 17.6 Å². The van der Waals surface area contributed by atoms with Crippen LogP contribution >= 0.6 is 15.9 Å². The molecule has 0 saturated carbocycles. The highest BCUT2D eigenvalue weighted by Gasteiger charge is 2.26. The quantitative estimate of drug-likeness (QED) is 0.811. The van der Waals surface area contributed by atoms with Gasteiger partial charge in [0.15, 0.2) is 0 Å². The van der Waals surface area contributed by atoms with Crippen molar-refractivity contribution < 1.29 is 17.6 Å². The van der Waals surface area contributed by atoms with Gasteiger partial charge in [-0.25, -0.2) is 12.8 Å². The third-order valence-electron chi connectivity index (χ3n) is 3.95. The molecule has 0 aromatic heterocycles. The van der Waals surface area contributed by atoms with Gasteiger partial charge < -0.3 is 5.32 Å². The van der Waals surface area contributed by atoms with Crippen LogP contribution in [0.3, 0.4) is 0 Å². The number of sulfonamides is 1. The summed E-state index contributed by atoms with van der Waals surface area (Å²) in [5.74, 6) is -0.869. The average molecular weight is 427 g/mol. The Bertz CT molecular complexity index is 901. The number of hydrogen-bond acceptors (Lipinski definition) is 3. The van der Waals surface area contributed by atoms with Gasteiger partial charge in [0.25, 0.3) is 5.91 Å². The van der Waals surface area contributed by atoms with Gasteiger partial charge in [-0.15, -0.1) is 0 Å². The molecule has 25 heavy (non-hydrogen) atoms. The fourth-order valence-electron chi connectivity index (χ4n) is 2.64. The second-order valence-electron chi connectivity index (χ2n) is 5.72. The van der Waals surface area contributed by atoms with Crippen molar-refractivity contribution in [2.45, 2.75) is 12.8 Å². The van der Waals surface area contributed by atoms with E-state index in [1.54, 1.807) is 18.2 Å². The molecule has 0 unspecified atom stereocenters. The van der Waals surface area contributed by atoms with Crippen LogP contribution in [0.25, 0.3) is 0 Å². The number of rotatable bonds is 3. The Morgan fingerprint density at radius 3 is 2.48 bits per heavy atom. The summed E-state index contributed by atoms with van der Waals surface area (Å²) in [7, 11) is -3.29. The lowest BCUT2D eigenvalue weighted by atomic mass is 10.2. The molecule has 132 valence electrons. The number of anilines is 2. The molecular weight excluding hydrogens is 411 g/mol. The lowest BCUT2D eigenvalue weighted by Crippen LogP contribution is -2.37. The Hall–Kier alpha value is -1.93. The number of carbonyl (C=O) groups excluding carboxylic acids is 1. The summed E-state index contributed by atoms with van der Waals surface area (Å²) in [6.45, 7) is 0.442. The molecule has 1 N–H and O–H groups in total. The predicted octanol–water partition coefficient (Wildman–Crippen LogP) is 3.77. The van der Waals surface area contributed by atoms with Gasteiger partial charge in [-0.3, -0.25) is 9.10 Å². The minimum atomic E-state index is -3.29. The molecule has 0 radical (unpaired) electrons. The first kappa shape index (κ1) is 17.9. The van der Waals surface area contributed by atoms with Crippen molar-refractivity contribution in [3.63, 3.8) is 0 Å². The summed E-state index contributed by atoms with van der Waals surface area (Å²) in [5, 5.41) is 2.50. The average Bonchev–Trinajstić information content (AvgIpc) is 2.57.